The fraction of sp³-hybridized carbons (Fsp3) is 0.519. The van der Waals surface area contributed by atoms with E-state index >= 15 is 0 Å². The Morgan fingerprint density at radius 1 is 1.00 bits per heavy atom. The van der Waals surface area contributed by atoms with E-state index in [2.05, 4.69) is 29.3 Å². The number of amides is 1. The molecule has 0 unspecified atom stereocenters. The van der Waals surface area contributed by atoms with Gasteiger partial charge in [-0.05, 0) is 67.7 Å². The van der Waals surface area contributed by atoms with Gasteiger partial charge in [-0.3, -0.25) is 9.69 Å². The molecule has 4 atom stereocenters. The molecule has 34 heavy (non-hydrogen) atoms. The highest BCUT2D eigenvalue weighted by atomic mass is 32.2. The Labute approximate surface area is 203 Å². The van der Waals surface area contributed by atoms with Crippen molar-refractivity contribution in [2.24, 2.45) is 17.8 Å². The van der Waals surface area contributed by atoms with Crippen molar-refractivity contribution in [2.75, 3.05) is 26.2 Å². The summed E-state index contributed by atoms with van der Waals surface area (Å²) in [4.78, 5) is 15.4. The van der Waals surface area contributed by atoms with Crippen LogP contribution in [0.4, 0.5) is 0 Å². The van der Waals surface area contributed by atoms with Crippen molar-refractivity contribution in [3.63, 3.8) is 0 Å². The smallest absolute Gasteiger partial charge is 0.251 e. The second-order valence-corrected chi connectivity index (χ2v) is 12.2. The molecule has 1 amide bonds. The van der Waals surface area contributed by atoms with Crippen molar-refractivity contribution in [1.29, 1.82) is 0 Å². The monoisotopic (exact) mass is 481 g/mol. The van der Waals surface area contributed by atoms with Gasteiger partial charge in [-0.15, -0.1) is 0 Å². The summed E-state index contributed by atoms with van der Waals surface area (Å²) in [5.41, 5.74) is 1.65. The van der Waals surface area contributed by atoms with Crippen LogP contribution >= 0.6 is 0 Å². The number of rotatable bonds is 7. The summed E-state index contributed by atoms with van der Waals surface area (Å²) in [6, 6.07) is 16.9. The van der Waals surface area contributed by atoms with Crippen LogP contribution in [0, 0.1) is 17.8 Å². The maximum atomic E-state index is 13.3. The number of nitrogens with zero attached hydrogens (tertiary/aromatic N) is 2. The SMILES string of the molecule is C[C@H](NC(=O)c1cccc(S(=O)(=O)N2CCN(Cc3ccccc3)CC2)c1)[C@H]1C[C@@H]2CC[C@@H]1C2. The molecular weight excluding hydrogens is 446 g/mol. The minimum Gasteiger partial charge on any atom is -0.349 e. The molecule has 2 aromatic rings. The average molecular weight is 482 g/mol. The molecule has 3 aliphatic rings. The lowest BCUT2D eigenvalue weighted by molar-refractivity contribution is 0.0915. The van der Waals surface area contributed by atoms with Crippen molar-refractivity contribution in [2.45, 2.75) is 50.1 Å². The van der Waals surface area contributed by atoms with Crippen LogP contribution in [0.25, 0.3) is 0 Å². The first-order chi connectivity index (χ1) is 16.4. The molecule has 182 valence electrons. The summed E-state index contributed by atoms with van der Waals surface area (Å²) in [5, 5.41) is 3.16. The second kappa shape index (κ2) is 9.80. The highest BCUT2D eigenvalue weighted by Gasteiger charge is 2.42. The zero-order valence-corrected chi connectivity index (χ0v) is 20.7. The van der Waals surface area contributed by atoms with E-state index in [0.29, 0.717) is 37.7 Å². The van der Waals surface area contributed by atoms with E-state index in [-0.39, 0.29) is 16.8 Å². The zero-order valence-electron chi connectivity index (χ0n) is 19.9. The van der Waals surface area contributed by atoms with Gasteiger partial charge in [0.25, 0.3) is 5.91 Å². The average Bonchev–Trinajstić information content (AvgIpc) is 3.49. The minimum absolute atomic E-state index is 0.112. The van der Waals surface area contributed by atoms with E-state index in [9.17, 15) is 13.2 Å². The summed E-state index contributed by atoms with van der Waals surface area (Å²) in [6.07, 6.45) is 5.12. The molecule has 1 aliphatic heterocycles. The van der Waals surface area contributed by atoms with Crippen molar-refractivity contribution < 1.29 is 13.2 Å². The van der Waals surface area contributed by atoms with Crippen LogP contribution in [0.15, 0.2) is 59.5 Å². The van der Waals surface area contributed by atoms with E-state index in [1.807, 2.05) is 18.2 Å². The largest absolute Gasteiger partial charge is 0.349 e. The van der Waals surface area contributed by atoms with Gasteiger partial charge in [0.1, 0.15) is 0 Å². The zero-order chi connectivity index (χ0) is 23.7. The highest BCUT2D eigenvalue weighted by Crippen LogP contribution is 2.49. The Morgan fingerprint density at radius 2 is 1.76 bits per heavy atom. The normalized spacial score (nSPS) is 26.4. The number of benzene rings is 2. The Morgan fingerprint density at radius 3 is 2.44 bits per heavy atom. The van der Waals surface area contributed by atoms with Gasteiger partial charge in [0.15, 0.2) is 0 Å². The quantitative estimate of drug-likeness (QED) is 0.654. The van der Waals surface area contributed by atoms with E-state index in [1.54, 1.807) is 22.5 Å². The van der Waals surface area contributed by atoms with Gasteiger partial charge in [-0.2, -0.15) is 4.31 Å². The number of carbonyl (C=O) groups excluding carboxylic acids is 1. The Balaban J connectivity index is 1.20. The lowest BCUT2D eigenvalue weighted by Crippen LogP contribution is -2.48. The second-order valence-electron chi connectivity index (χ2n) is 10.3. The lowest BCUT2D eigenvalue weighted by atomic mass is 9.84. The van der Waals surface area contributed by atoms with Crippen LogP contribution in [0.5, 0.6) is 0 Å². The summed E-state index contributed by atoms with van der Waals surface area (Å²) in [7, 11) is -3.64. The maximum Gasteiger partial charge on any atom is 0.251 e. The molecule has 1 heterocycles. The Kier molecular flexibility index (Phi) is 6.78. The number of nitrogens with one attached hydrogen (secondary N) is 1. The summed E-state index contributed by atoms with van der Waals surface area (Å²) >= 11 is 0. The van der Waals surface area contributed by atoms with Crippen LogP contribution < -0.4 is 5.32 Å². The predicted molar refractivity (Wildman–Crippen MR) is 133 cm³/mol. The molecule has 0 aromatic heterocycles. The van der Waals surface area contributed by atoms with Crippen LogP contribution in [0.3, 0.4) is 0 Å². The van der Waals surface area contributed by atoms with E-state index in [1.165, 1.54) is 37.3 Å². The van der Waals surface area contributed by atoms with Crippen molar-refractivity contribution in [3.05, 3.63) is 65.7 Å². The number of hydrogen-bond acceptors (Lipinski definition) is 4. The van der Waals surface area contributed by atoms with Crippen LogP contribution in [0.1, 0.15) is 48.5 Å². The number of hydrogen-bond donors (Lipinski definition) is 1. The third-order valence-electron chi connectivity index (χ3n) is 8.11. The van der Waals surface area contributed by atoms with Crippen LogP contribution in [-0.2, 0) is 16.6 Å². The standard InChI is InChI=1S/C27H35N3O3S/c1-20(26-17-22-10-11-23(26)16-22)28-27(31)24-8-5-9-25(18-24)34(32,33)30-14-12-29(13-15-30)19-21-6-3-2-4-7-21/h2-9,18,20,22-23,26H,10-17,19H2,1H3,(H,28,31)/t20-,22+,23+,26+/m0/s1. The maximum absolute atomic E-state index is 13.3. The van der Waals surface area contributed by atoms with Crippen molar-refractivity contribution in [3.8, 4) is 0 Å². The van der Waals surface area contributed by atoms with Gasteiger partial charge in [-0.1, -0.05) is 42.8 Å². The number of carbonyl (C=O) groups is 1. The molecule has 6 nitrogen and oxygen atoms in total. The molecule has 7 heteroatoms. The Hall–Kier alpha value is -2.22. The topological polar surface area (TPSA) is 69.7 Å². The minimum atomic E-state index is -3.64. The third-order valence-corrected chi connectivity index (χ3v) is 10.0. The summed E-state index contributed by atoms with van der Waals surface area (Å²) < 4.78 is 28.2. The number of sulfonamides is 1. The number of fused-ring (bicyclic) bond motifs is 2. The molecule has 2 aromatic carbocycles. The van der Waals surface area contributed by atoms with Crippen molar-refractivity contribution in [1.82, 2.24) is 14.5 Å². The molecule has 2 saturated carbocycles. The summed E-state index contributed by atoms with van der Waals surface area (Å²) in [5.74, 6) is 1.92. The van der Waals surface area contributed by atoms with Gasteiger partial charge < -0.3 is 5.32 Å². The first-order valence-corrected chi connectivity index (χ1v) is 14.0. The summed E-state index contributed by atoms with van der Waals surface area (Å²) in [6.45, 7) is 5.20. The van der Waals surface area contributed by atoms with Crippen LogP contribution in [0.2, 0.25) is 0 Å². The Bertz CT molecular complexity index is 1110. The van der Waals surface area contributed by atoms with Gasteiger partial charge >= 0.3 is 0 Å². The predicted octanol–water partition coefficient (Wildman–Crippen LogP) is 3.75. The van der Waals surface area contributed by atoms with Crippen LogP contribution in [-0.4, -0.2) is 55.8 Å². The molecule has 1 saturated heterocycles. The molecular formula is C27H35N3O3S. The van der Waals surface area contributed by atoms with E-state index in [0.717, 1.165) is 18.4 Å². The van der Waals surface area contributed by atoms with E-state index < -0.39 is 10.0 Å². The highest BCUT2D eigenvalue weighted by molar-refractivity contribution is 7.89. The molecule has 0 spiro atoms. The molecule has 2 bridgehead atoms. The van der Waals surface area contributed by atoms with Crippen molar-refractivity contribution >= 4 is 15.9 Å². The fourth-order valence-corrected chi connectivity index (χ4v) is 7.69. The first kappa shape index (κ1) is 23.5. The molecule has 0 radical (unpaired) electrons. The first-order valence-electron chi connectivity index (χ1n) is 12.6. The van der Waals surface area contributed by atoms with Gasteiger partial charge in [0.2, 0.25) is 10.0 Å². The van der Waals surface area contributed by atoms with Gasteiger partial charge in [0.05, 0.1) is 4.90 Å². The lowest BCUT2D eigenvalue weighted by Gasteiger charge is -2.34. The molecule has 2 aliphatic carbocycles. The molecule has 1 N–H and O–H groups in total. The van der Waals surface area contributed by atoms with Gasteiger partial charge in [0, 0.05) is 44.3 Å². The van der Waals surface area contributed by atoms with Gasteiger partial charge in [-0.25, -0.2) is 8.42 Å². The van der Waals surface area contributed by atoms with E-state index in [4.69, 9.17) is 0 Å². The molecule has 3 fully saturated rings. The fourth-order valence-electron chi connectivity index (χ4n) is 6.22. The third kappa shape index (κ3) is 4.92. The number of piperazine rings is 1. The molecule has 5 rings (SSSR count).